The molecule has 0 aromatic carbocycles. The highest BCUT2D eigenvalue weighted by atomic mass is 15.2. The van der Waals surface area contributed by atoms with Crippen molar-refractivity contribution >= 4 is 0 Å². The van der Waals surface area contributed by atoms with Gasteiger partial charge in [-0.15, -0.1) is 6.58 Å². The minimum atomic E-state index is 0.778. The molecule has 0 aliphatic carbocycles. The van der Waals surface area contributed by atoms with Crippen molar-refractivity contribution in [2.75, 3.05) is 13.1 Å². The number of nitrogens with zero attached hydrogens (tertiary/aromatic N) is 1. The molecular weight excluding hydrogens is 158 g/mol. The van der Waals surface area contributed by atoms with Gasteiger partial charge in [-0.2, -0.15) is 0 Å². The molecule has 1 nitrogen and oxygen atoms in total. The van der Waals surface area contributed by atoms with Gasteiger partial charge in [0.2, 0.25) is 0 Å². The molecule has 0 amide bonds. The lowest BCUT2D eigenvalue weighted by Crippen LogP contribution is -2.43. The second-order valence-electron chi connectivity index (χ2n) is 3.73. The first-order chi connectivity index (χ1) is 6.20. The summed E-state index contributed by atoms with van der Waals surface area (Å²) in [5, 5.41) is 0. The van der Waals surface area contributed by atoms with Crippen LogP contribution in [0.3, 0.4) is 0 Å². The third kappa shape index (κ3) is 5.09. The van der Waals surface area contributed by atoms with Crippen LogP contribution in [0.5, 0.6) is 0 Å². The van der Waals surface area contributed by atoms with E-state index in [1.54, 1.807) is 0 Å². The molecule has 0 saturated carbocycles. The summed E-state index contributed by atoms with van der Waals surface area (Å²) in [5.74, 6) is 0. The Morgan fingerprint density at radius 2 is 1.92 bits per heavy atom. The number of hydrogen-bond acceptors (Lipinski definition) is 1. The SMILES string of the molecule is C=C(C)CCC(C)N1CCC1.CC. The molecule has 1 rings (SSSR count). The van der Waals surface area contributed by atoms with Gasteiger partial charge in [-0.25, -0.2) is 0 Å². The van der Waals surface area contributed by atoms with Crippen LogP contribution in [0.25, 0.3) is 0 Å². The number of likely N-dealkylation sites (tertiary alicyclic amines) is 1. The van der Waals surface area contributed by atoms with E-state index in [-0.39, 0.29) is 0 Å². The molecule has 1 atom stereocenters. The van der Waals surface area contributed by atoms with E-state index in [4.69, 9.17) is 0 Å². The van der Waals surface area contributed by atoms with Gasteiger partial charge in [0.25, 0.3) is 0 Å². The van der Waals surface area contributed by atoms with Gasteiger partial charge in [0.1, 0.15) is 0 Å². The smallest absolute Gasteiger partial charge is 0.00699 e. The average molecular weight is 183 g/mol. The maximum Gasteiger partial charge on any atom is 0.00699 e. The van der Waals surface area contributed by atoms with Crippen molar-refractivity contribution in [3.8, 4) is 0 Å². The van der Waals surface area contributed by atoms with E-state index < -0.39 is 0 Å². The van der Waals surface area contributed by atoms with Crippen LogP contribution in [-0.4, -0.2) is 24.0 Å². The third-order valence-electron chi connectivity index (χ3n) is 2.50. The molecule has 1 aliphatic rings. The quantitative estimate of drug-likeness (QED) is 0.603. The van der Waals surface area contributed by atoms with Crippen LogP contribution >= 0.6 is 0 Å². The molecule has 1 heteroatoms. The second-order valence-corrected chi connectivity index (χ2v) is 3.73. The van der Waals surface area contributed by atoms with E-state index in [0.29, 0.717) is 0 Å². The summed E-state index contributed by atoms with van der Waals surface area (Å²) in [4.78, 5) is 2.54. The first-order valence-electron chi connectivity index (χ1n) is 5.58. The summed E-state index contributed by atoms with van der Waals surface area (Å²) in [7, 11) is 0. The minimum Gasteiger partial charge on any atom is -0.301 e. The zero-order chi connectivity index (χ0) is 10.3. The molecule has 0 N–H and O–H groups in total. The maximum absolute atomic E-state index is 3.91. The molecule has 1 saturated heterocycles. The fourth-order valence-corrected chi connectivity index (χ4v) is 1.42. The summed E-state index contributed by atoms with van der Waals surface area (Å²) >= 11 is 0. The Kier molecular flexibility index (Phi) is 6.97. The number of hydrogen-bond donors (Lipinski definition) is 0. The fraction of sp³-hybridized carbons (Fsp3) is 0.833. The van der Waals surface area contributed by atoms with Crippen molar-refractivity contribution in [1.82, 2.24) is 4.90 Å². The van der Waals surface area contributed by atoms with Gasteiger partial charge in [0.15, 0.2) is 0 Å². The van der Waals surface area contributed by atoms with Crippen LogP contribution in [0.15, 0.2) is 12.2 Å². The van der Waals surface area contributed by atoms with E-state index in [2.05, 4.69) is 25.3 Å². The van der Waals surface area contributed by atoms with Crippen LogP contribution < -0.4 is 0 Å². The van der Waals surface area contributed by atoms with Crippen molar-refractivity contribution in [1.29, 1.82) is 0 Å². The van der Waals surface area contributed by atoms with E-state index in [0.717, 1.165) is 6.04 Å². The van der Waals surface area contributed by atoms with Gasteiger partial charge in [-0.1, -0.05) is 19.4 Å². The Morgan fingerprint density at radius 1 is 1.38 bits per heavy atom. The highest BCUT2D eigenvalue weighted by Gasteiger charge is 2.19. The van der Waals surface area contributed by atoms with Gasteiger partial charge < -0.3 is 4.90 Å². The molecule has 0 bridgehead atoms. The average Bonchev–Trinajstić information content (AvgIpc) is 2.01. The lowest BCUT2D eigenvalue weighted by Gasteiger charge is -2.36. The molecule has 0 radical (unpaired) electrons. The lowest BCUT2D eigenvalue weighted by molar-refractivity contribution is 0.122. The van der Waals surface area contributed by atoms with Gasteiger partial charge in [-0.05, 0) is 46.2 Å². The molecule has 78 valence electrons. The van der Waals surface area contributed by atoms with Gasteiger partial charge in [0, 0.05) is 6.04 Å². The summed E-state index contributed by atoms with van der Waals surface area (Å²) in [6.07, 6.45) is 3.88. The predicted molar refractivity (Wildman–Crippen MR) is 61.0 cm³/mol. The Bertz CT molecular complexity index is 136. The molecule has 0 aromatic rings. The third-order valence-corrected chi connectivity index (χ3v) is 2.50. The van der Waals surface area contributed by atoms with Crippen molar-refractivity contribution in [3.05, 3.63) is 12.2 Å². The number of rotatable bonds is 4. The summed E-state index contributed by atoms with van der Waals surface area (Å²) in [6, 6.07) is 0.778. The fourth-order valence-electron chi connectivity index (χ4n) is 1.42. The largest absolute Gasteiger partial charge is 0.301 e. The molecule has 1 fully saturated rings. The van der Waals surface area contributed by atoms with Crippen LogP contribution in [-0.2, 0) is 0 Å². The molecule has 1 unspecified atom stereocenters. The molecule has 13 heavy (non-hydrogen) atoms. The zero-order valence-corrected chi connectivity index (χ0v) is 9.77. The van der Waals surface area contributed by atoms with Crippen LogP contribution in [0.4, 0.5) is 0 Å². The van der Waals surface area contributed by atoms with E-state index in [1.807, 2.05) is 13.8 Å². The van der Waals surface area contributed by atoms with Crippen molar-refractivity contribution in [3.63, 3.8) is 0 Å². The van der Waals surface area contributed by atoms with Gasteiger partial charge >= 0.3 is 0 Å². The molecule has 1 heterocycles. The van der Waals surface area contributed by atoms with Crippen molar-refractivity contribution in [2.45, 2.75) is 53.0 Å². The normalized spacial score (nSPS) is 18.2. The van der Waals surface area contributed by atoms with E-state index >= 15 is 0 Å². The Morgan fingerprint density at radius 3 is 2.23 bits per heavy atom. The zero-order valence-electron chi connectivity index (χ0n) is 9.77. The topological polar surface area (TPSA) is 3.24 Å². The van der Waals surface area contributed by atoms with Crippen LogP contribution in [0.2, 0.25) is 0 Å². The molecular formula is C12H25N. The predicted octanol–water partition coefficient (Wildman–Crippen LogP) is 3.46. The van der Waals surface area contributed by atoms with E-state index in [9.17, 15) is 0 Å². The number of allylic oxidation sites excluding steroid dienone is 1. The summed E-state index contributed by atoms with van der Waals surface area (Å²) in [5.41, 5.74) is 1.32. The van der Waals surface area contributed by atoms with Crippen LogP contribution in [0.1, 0.15) is 47.0 Å². The summed E-state index contributed by atoms with van der Waals surface area (Å²) in [6.45, 7) is 15.0. The second kappa shape index (κ2) is 7.14. The van der Waals surface area contributed by atoms with Gasteiger partial charge in [-0.3, -0.25) is 0 Å². The Balaban J connectivity index is 0.000000671. The molecule has 1 aliphatic heterocycles. The lowest BCUT2D eigenvalue weighted by atomic mass is 10.0. The highest BCUT2D eigenvalue weighted by molar-refractivity contribution is 4.89. The van der Waals surface area contributed by atoms with Crippen molar-refractivity contribution in [2.24, 2.45) is 0 Å². The van der Waals surface area contributed by atoms with Gasteiger partial charge in [0.05, 0.1) is 0 Å². The highest BCUT2D eigenvalue weighted by Crippen LogP contribution is 2.16. The first-order valence-corrected chi connectivity index (χ1v) is 5.58. The minimum absolute atomic E-state index is 0.778. The van der Waals surface area contributed by atoms with Crippen molar-refractivity contribution < 1.29 is 0 Å². The molecule has 0 spiro atoms. The van der Waals surface area contributed by atoms with Crippen LogP contribution in [0, 0.1) is 0 Å². The Labute approximate surface area is 83.8 Å². The maximum atomic E-state index is 3.91. The monoisotopic (exact) mass is 183 g/mol. The summed E-state index contributed by atoms with van der Waals surface area (Å²) < 4.78 is 0. The van der Waals surface area contributed by atoms with E-state index in [1.165, 1.54) is 37.9 Å². The Hall–Kier alpha value is -0.300. The standard InChI is InChI=1S/C10H19N.C2H6/c1-9(2)5-6-10(3)11-7-4-8-11;1-2/h10H,1,4-8H2,2-3H3;1-2H3. The molecule has 0 aromatic heterocycles. The first kappa shape index (κ1) is 12.7.